The maximum Gasteiger partial charge on any atom is 0.263 e. The third-order valence-corrected chi connectivity index (χ3v) is 8.41. The maximum atomic E-state index is 13.7. The van der Waals surface area contributed by atoms with Crippen molar-refractivity contribution in [3.05, 3.63) is 56.7 Å². The molecule has 5 nitrogen and oxygen atoms in total. The molecule has 0 unspecified atom stereocenters. The van der Waals surface area contributed by atoms with Gasteiger partial charge in [-0.05, 0) is 49.7 Å². The number of unbranched alkanes of at least 4 members (excludes halogenated alkanes) is 2. The Morgan fingerprint density at radius 3 is 2.77 bits per heavy atom. The van der Waals surface area contributed by atoms with E-state index in [1.54, 1.807) is 23.1 Å². The van der Waals surface area contributed by atoms with E-state index in [0.29, 0.717) is 12.3 Å². The Labute approximate surface area is 190 Å². The second-order valence-corrected chi connectivity index (χ2v) is 10.4. The number of aryl methyl sites for hydroxylation is 4. The number of fused-ring (bicyclic) bond motifs is 5. The number of thiophene rings is 1. The first-order chi connectivity index (χ1) is 15.3. The molecule has 0 amide bonds. The molecule has 0 saturated heterocycles. The van der Waals surface area contributed by atoms with Gasteiger partial charge in [-0.2, -0.15) is 0 Å². The zero-order chi connectivity index (χ0) is 21.2. The third-order valence-electron chi connectivity index (χ3n) is 6.12. The monoisotopic (exact) mass is 452 g/mol. The summed E-state index contributed by atoms with van der Waals surface area (Å²) in [5, 5.41) is 10.9. The summed E-state index contributed by atoms with van der Waals surface area (Å²) in [5.41, 5.74) is 2.61. The molecule has 0 radical (unpaired) electrons. The van der Waals surface area contributed by atoms with E-state index < -0.39 is 0 Å². The number of aromatic nitrogens is 4. The summed E-state index contributed by atoms with van der Waals surface area (Å²) >= 11 is 3.55. The fourth-order valence-corrected chi connectivity index (χ4v) is 6.83. The van der Waals surface area contributed by atoms with Gasteiger partial charge in [-0.3, -0.25) is 9.36 Å². The van der Waals surface area contributed by atoms with Crippen LogP contribution in [0.1, 0.15) is 55.0 Å². The van der Waals surface area contributed by atoms with Crippen molar-refractivity contribution in [2.24, 2.45) is 0 Å². The van der Waals surface area contributed by atoms with E-state index >= 15 is 0 Å². The van der Waals surface area contributed by atoms with Crippen molar-refractivity contribution >= 4 is 39.1 Å². The van der Waals surface area contributed by atoms with Crippen molar-refractivity contribution in [1.29, 1.82) is 0 Å². The van der Waals surface area contributed by atoms with E-state index in [2.05, 4.69) is 33.7 Å². The highest BCUT2D eigenvalue weighted by Crippen LogP contribution is 2.36. The van der Waals surface area contributed by atoms with Crippen LogP contribution in [0.3, 0.4) is 0 Å². The average molecular weight is 453 g/mol. The van der Waals surface area contributed by atoms with Gasteiger partial charge < -0.3 is 0 Å². The van der Waals surface area contributed by atoms with Crippen LogP contribution in [0.5, 0.6) is 0 Å². The van der Waals surface area contributed by atoms with Crippen LogP contribution in [0, 0.1) is 0 Å². The first kappa shape index (κ1) is 20.8. The lowest BCUT2D eigenvalue weighted by Crippen LogP contribution is -2.24. The number of thioether (sulfide) groups is 1. The molecule has 0 spiro atoms. The molecule has 3 heterocycles. The van der Waals surface area contributed by atoms with Crippen molar-refractivity contribution in [3.63, 3.8) is 0 Å². The van der Waals surface area contributed by atoms with Crippen molar-refractivity contribution in [3.8, 4) is 0 Å². The van der Waals surface area contributed by atoms with Gasteiger partial charge in [0.15, 0.2) is 5.16 Å². The Kier molecular flexibility index (Phi) is 6.14. The lowest BCUT2D eigenvalue weighted by atomic mass is 9.97. The van der Waals surface area contributed by atoms with Crippen molar-refractivity contribution < 1.29 is 0 Å². The lowest BCUT2D eigenvalue weighted by molar-refractivity contribution is 0.673. The van der Waals surface area contributed by atoms with Crippen LogP contribution < -0.4 is 5.56 Å². The summed E-state index contributed by atoms with van der Waals surface area (Å²) in [6.45, 7) is 2.84. The molecular formula is C24H28N4OS2. The van der Waals surface area contributed by atoms with Gasteiger partial charge in [0.25, 0.3) is 5.56 Å². The molecule has 0 bridgehead atoms. The summed E-state index contributed by atoms with van der Waals surface area (Å²) in [6, 6.07) is 10.4. The Hall–Kier alpha value is -2.12. The number of hydrogen-bond donors (Lipinski definition) is 0. The molecule has 0 N–H and O–H groups in total. The Morgan fingerprint density at radius 1 is 1.10 bits per heavy atom. The van der Waals surface area contributed by atoms with Gasteiger partial charge >= 0.3 is 0 Å². The van der Waals surface area contributed by atoms with Crippen molar-refractivity contribution in [2.45, 2.75) is 70.0 Å². The normalized spacial score (nSPS) is 13.8. The van der Waals surface area contributed by atoms with E-state index in [-0.39, 0.29) is 5.56 Å². The quantitative estimate of drug-likeness (QED) is 0.261. The topological polar surface area (TPSA) is 52.2 Å². The molecule has 3 aromatic heterocycles. The molecule has 162 valence electrons. The van der Waals surface area contributed by atoms with Gasteiger partial charge in [0.05, 0.1) is 5.39 Å². The maximum absolute atomic E-state index is 13.7. The van der Waals surface area contributed by atoms with Crippen LogP contribution in [0.4, 0.5) is 0 Å². The Bertz CT molecular complexity index is 1260. The van der Waals surface area contributed by atoms with E-state index in [9.17, 15) is 4.79 Å². The SMILES string of the molecule is CCCCCSc1nnc2n(CCc3ccccc3)c(=O)c3c4c(sc3n12)CCCC4. The smallest absolute Gasteiger partial charge is 0.263 e. The van der Waals surface area contributed by atoms with Crippen LogP contribution in [0.15, 0.2) is 40.3 Å². The highest BCUT2D eigenvalue weighted by Gasteiger charge is 2.24. The highest BCUT2D eigenvalue weighted by molar-refractivity contribution is 7.99. The van der Waals surface area contributed by atoms with Gasteiger partial charge in [-0.25, -0.2) is 4.40 Å². The van der Waals surface area contributed by atoms with Gasteiger partial charge in [-0.1, -0.05) is 61.9 Å². The van der Waals surface area contributed by atoms with Crippen LogP contribution in [-0.4, -0.2) is 24.9 Å². The molecular weight excluding hydrogens is 424 g/mol. The summed E-state index contributed by atoms with van der Waals surface area (Å²) in [4.78, 5) is 16.1. The van der Waals surface area contributed by atoms with Gasteiger partial charge in [-0.15, -0.1) is 21.5 Å². The predicted molar refractivity (Wildman–Crippen MR) is 130 cm³/mol. The second-order valence-electron chi connectivity index (χ2n) is 8.26. The Balaban J connectivity index is 1.63. The molecule has 0 fully saturated rings. The molecule has 7 heteroatoms. The molecule has 5 rings (SSSR count). The van der Waals surface area contributed by atoms with Gasteiger partial charge in [0.2, 0.25) is 5.78 Å². The van der Waals surface area contributed by atoms with E-state index in [0.717, 1.165) is 40.4 Å². The number of rotatable bonds is 8. The first-order valence-corrected chi connectivity index (χ1v) is 13.2. The molecule has 1 aliphatic rings. The third kappa shape index (κ3) is 3.94. The number of benzene rings is 1. The highest BCUT2D eigenvalue weighted by atomic mass is 32.2. The summed E-state index contributed by atoms with van der Waals surface area (Å²) in [7, 11) is 0. The van der Waals surface area contributed by atoms with Crippen LogP contribution in [0.25, 0.3) is 16.0 Å². The number of hydrogen-bond acceptors (Lipinski definition) is 5. The van der Waals surface area contributed by atoms with Crippen molar-refractivity contribution in [2.75, 3.05) is 5.75 Å². The minimum atomic E-state index is 0.104. The first-order valence-electron chi connectivity index (χ1n) is 11.4. The number of nitrogens with zero attached hydrogens (tertiary/aromatic N) is 4. The summed E-state index contributed by atoms with van der Waals surface area (Å²) in [5.74, 6) is 1.72. The lowest BCUT2D eigenvalue weighted by Gasteiger charge is -2.12. The minimum Gasteiger partial charge on any atom is -0.276 e. The standard InChI is InChI=1S/C24H28N4OS2/c1-2-3-9-16-30-24-26-25-23-27(15-14-17-10-5-4-6-11-17)21(29)20-18-12-7-8-13-19(18)31-22(20)28(23)24/h4-6,10-11H,2-3,7-9,12-16H2,1H3. The zero-order valence-electron chi connectivity index (χ0n) is 18.0. The van der Waals surface area contributed by atoms with E-state index in [1.807, 2.05) is 22.8 Å². The van der Waals surface area contributed by atoms with E-state index in [1.165, 1.54) is 48.1 Å². The molecule has 0 saturated carbocycles. The predicted octanol–water partition coefficient (Wildman–Crippen LogP) is 5.51. The molecule has 1 aliphatic carbocycles. The van der Waals surface area contributed by atoms with Crippen LogP contribution in [0.2, 0.25) is 0 Å². The largest absolute Gasteiger partial charge is 0.276 e. The van der Waals surface area contributed by atoms with Gasteiger partial charge in [0.1, 0.15) is 4.83 Å². The molecule has 31 heavy (non-hydrogen) atoms. The van der Waals surface area contributed by atoms with Crippen molar-refractivity contribution in [1.82, 2.24) is 19.2 Å². The fourth-order valence-electron chi connectivity index (χ4n) is 4.47. The molecule has 4 aromatic rings. The summed E-state index contributed by atoms with van der Waals surface area (Å²) < 4.78 is 4.03. The molecule has 0 atom stereocenters. The summed E-state index contributed by atoms with van der Waals surface area (Å²) in [6.07, 6.45) is 8.90. The zero-order valence-corrected chi connectivity index (χ0v) is 19.6. The molecule has 0 aliphatic heterocycles. The minimum absolute atomic E-state index is 0.104. The van der Waals surface area contributed by atoms with Crippen LogP contribution in [-0.2, 0) is 25.8 Å². The average Bonchev–Trinajstić information content (AvgIpc) is 3.39. The van der Waals surface area contributed by atoms with Gasteiger partial charge in [0, 0.05) is 17.2 Å². The Morgan fingerprint density at radius 2 is 1.94 bits per heavy atom. The second kappa shape index (κ2) is 9.17. The fraction of sp³-hybridized carbons (Fsp3) is 0.458. The van der Waals surface area contributed by atoms with Crippen LogP contribution >= 0.6 is 23.1 Å². The molecule has 1 aromatic carbocycles. The van der Waals surface area contributed by atoms with E-state index in [4.69, 9.17) is 0 Å².